The highest BCUT2D eigenvalue weighted by atomic mass is 31.2. The van der Waals surface area contributed by atoms with E-state index >= 15 is 0 Å². The van der Waals surface area contributed by atoms with Gasteiger partial charge in [0.2, 0.25) is 0 Å². The minimum atomic E-state index is -3.53. The van der Waals surface area contributed by atoms with E-state index in [1.54, 1.807) is 12.3 Å². The summed E-state index contributed by atoms with van der Waals surface area (Å²) in [5.74, 6) is 0.584. The monoisotopic (exact) mass is 570 g/mol. The van der Waals surface area contributed by atoms with Gasteiger partial charge in [0.1, 0.15) is 5.76 Å². The Hall–Kier alpha value is -3.46. The van der Waals surface area contributed by atoms with Gasteiger partial charge in [-0.2, -0.15) is 0 Å². The van der Waals surface area contributed by atoms with Crippen LogP contribution in [0, 0.1) is 0 Å². The highest BCUT2D eigenvalue weighted by molar-refractivity contribution is 7.74. The molecule has 1 heterocycles. The lowest BCUT2D eigenvalue weighted by molar-refractivity contribution is 0.0811. The maximum Gasteiger partial charge on any atom is 0.261 e. The van der Waals surface area contributed by atoms with Crippen molar-refractivity contribution in [2.75, 3.05) is 6.61 Å². The zero-order valence-electron chi connectivity index (χ0n) is 22.5. The molecule has 204 valence electrons. The van der Waals surface area contributed by atoms with Crippen LogP contribution in [0.4, 0.5) is 0 Å². The number of furan rings is 1. The average molecular weight is 571 g/mol. The van der Waals surface area contributed by atoms with Crippen LogP contribution < -0.4 is 21.2 Å². The smallest absolute Gasteiger partial charge is 0.261 e. The van der Waals surface area contributed by atoms with E-state index < -0.39 is 26.3 Å². The van der Waals surface area contributed by atoms with Crippen LogP contribution in [-0.2, 0) is 23.6 Å². The molecule has 7 heteroatoms. The lowest BCUT2D eigenvalue weighted by Crippen LogP contribution is -2.42. The molecule has 0 saturated heterocycles. The van der Waals surface area contributed by atoms with Gasteiger partial charge >= 0.3 is 0 Å². The summed E-state index contributed by atoms with van der Waals surface area (Å²) in [7, 11) is -7.02. The van der Waals surface area contributed by atoms with Crippen molar-refractivity contribution in [2.45, 2.75) is 25.4 Å². The molecule has 5 rings (SSSR count). The van der Waals surface area contributed by atoms with E-state index in [0.29, 0.717) is 27.0 Å². The minimum absolute atomic E-state index is 0.00761. The second-order valence-electron chi connectivity index (χ2n) is 9.86. The lowest BCUT2D eigenvalue weighted by Gasteiger charge is -2.37. The van der Waals surface area contributed by atoms with Crippen LogP contribution in [0.15, 0.2) is 144 Å². The summed E-state index contributed by atoms with van der Waals surface area (Å²) in [5, 5.41) is 2.37. The standard InChI is InChI=1S/C33H32O5P2/c1-27(38-40(35,30-20-11-5-12-21-30)31-22-13-6-14-23-31)33(2,32-24-15-25-36-32)26-37-39(34,28-16-7-3-8-17-28)29-18-9-4-10-19-29/h3-25,27H,26H2,1-2H3. The van der Waals surface area contributed by atoms with Gasteiger partial charge in [-0.25, -0.2) is 0 Å². The van der Waals surface area contributed by atoms with E-state index in [4.69, 9.17) is 13.5 Å². The SMILES string of the molecule is CC(OP(=O)(c1ccccc1)c1ccccc1)C(C)(COP(=O)(c1ccccc1)c1ccccc1)c1ccco1. The molecule has 5 nitrogen and oxygen atoms in total. The third-order valence-corrected chi connectivity index (χ3v) is 12.2. The van der Waals surface area contributed by atoms with Crippen LogP contribution in [-0.4, -0.2) is 12.7 Å². The summed E-state index contributed by atoms with van der Waals surface area (Å²) in [6.45, 7) is 3.78. The molecule has 0 spiro atoms. The highest BCUT2D eigenvalue weighted by Crippen LogP contribution is 2.51. The van der Waals surface area contributed by atoms with E-state index in [9.17, 15) is 9.13 Å². The van der Waals surface area contributed by atoms with E-state index in [0.717, 1.165) is 0 Å². The molecule has 0 aliphatic rings. The third kappa shape index (κ3) is 5.57. The molecule has 0 bridgehead atoms. The number of hydrogen-bond donors (Lipinski definition) is 0. The predicted octanol–water partition coefficient (Wildman–Crippen LogP) is 6.82. The fourth-order valence-electron chi connectivity index (χ4n) is 4.62. The normalized spacial score (nSPS) is 14.3. The molecule has 0 amide bonds. The lowest BCUT2D eigenvalue weighted by atomic mass is 9.83. The van der Waals surface area contributed by atoms with E-state index in [1.165, 1.54) is 0 Å². The van der Waals surface area contributed by atoms with Gasteiger partial charge < -0.3 is 13.5 Å². The van der Waals surface area contributed by atoms with E-state index in [-0.39, 0.29) is 6.61 Å². The number of benzene rings is 4. The fraction of sp³-hybridized carbons (Fsp3) is 0.152. The van der Waals surface area contributed by atoms with Gasteiger partial charge in [0.05, 0.1) is 24.4 Å². The van der Waals surface area contributed by atoms with Crippen molar-refractivity contribution in [1.82, 2.24) is 0 Å². The molecule has 0 N–H and O–H groups in total. The Balaban J connectivity index is 1.54. The molecule has 40 heavy (non-hydrogen) atoms. The van der Waals surface area contributed by atoms with Gasteiger partial charge in [-0.15, -0.1) is 0 Å². The van der Waals surface area contributed by atoms with Crippen LogP contribution in [0.3, 0.4) is 0 Å². The minimum Gasteiger partial charge on any atom is -0.469 e. The highest BCUT2D eigenvalue weighted by Gasteiger charge is 2.44. The summed E-state index contributed by atoms with van der Waals surface area (Å²) < 4.78 is 48.3. The topological polar surface area (TPSA) is 65.7 Å². The van der Waals surface area contributed by atoms with Crippen molar-refractivity contribution in [3.63, 3.8) is 0 Å². The molecule has 1 aromatic heterocycles. The first-order chi connectivity index (χ1) is 19.4. The van der Waals surface area contributed by atoms with Gasteiger partial charge in [-0.1, -0.05) is 72.8 Å². The molecule has 0 radical (unpaired) electrons. The Kier molecular flexibility index (Phi) is 8.40. The van der Waals surface area contributed by atoms with Crippen LogP contribution in [0.25, 0.3) is 0 Å². The quantitative estimate of drug-likeness (QED) is 0.163. The summed E-state index contributed by atoms with van der Waals surface area (Å²) in [6, 6.07) is 40.5. The van der Waals surface area contributed by atoms with Gasteiger partial charge in [0.15, 0.2) is 0 Å². The van der Waals surface area contributed by atoms with Crippen molar-refractivity contribution in [3.8, 4) is 0 Å². The first-order valence-corrected chi connectivity index (χ1v) is 16.4. The first-order valence-electron chi connectivity index (χ1n) is 13.2. The summed E-state index contributed by atoms with van der Waals surface area (Å²) in [4.78, 5) is 0. The molecule has 4 aromatic carbocycles. The Labute approximate surface area is 235 Å². The molecule has 0 saturated carbocycles. The van der Waals surface area contributed by atoms with E-state index in [1.807, 2.05) is 141 Å². The number of hydrogen-bond acceptors (Lipinski definition) is 5. The van der Waals surface area contributed by atoms with Crippen LogP contribution in [0.5, 0.6) is 0 Å². The van der Waals surface area contributed by atoms with Gasteiger partial charge in [0.25, 0.3) is 14.7 Å². The van der Waals surface area contributed by atoms with E-state index in [2.05, 4.69) is 0 Å². The molecule has 2 unspecified atom stereocenters. The first kappa shape index (κ1) is 28.1. The third-order valence-electron chi connectivity index (χ3n) is 7.22. The van der Waals surface area contributed by atoms with Crippen molar-refractivity contribution in [3.05, 3.63) is 145 Å². The maximum absolute atomic E-state index is 14.7. The van der Waals surface area contributed by atoms with Crippen LogP contribution in [0.1, 0.15) is 19.6 Å². The van der Waals surface area contributed by atoms with Crippen molar-refractivity contribution in [1.29, 1.82) is 0 Å². The molecule has 5 aromatic rings. The maximum atomic E-state index is 14.7. The molecule has 0 fully saturated rings. The summed E-state index contributed by atoms with van der Waals surface area (Å²) in [5.41, 5.74) is -0.943. The molecule has 0 aliphatic carbocycles. The second-order valence-corrected chi connectivity index (χ2v) is 14.6. The van der Waals surface area contributed by atoms with Crippen molar-refractivity contribution in [2.24, 2.45) is 0 Å². The molecular formula is C33H32O5P2. The average Bonchev–Trinajstić information content (AvgIpc) is 3.57. The second kappa shape index (κ2) is 12.0. The van der Waals surface area contributed by atoms with Crippen molar-refractivity contribution < 1.29 is 22.6 Å². The Morgan fingerprint density at radius 1 is 0.625 bits per heavy atom. The largest absolute Gasteiger partial charge is 0.469 e. The number of rotatable bonds is 11. The Morgan fingerprint density at radius 3 is 1.40 bits per heavy atom. The Bertz CT molecular complexity index is 1500. The summed E-state index contributed by atoms with van der Waals surface area (Å²) in [6.07, 6.45) is 0.923. The summed E-state index contributed by atoms with van der Waals surface area (Å²) >= 11 is 0. The predicted molar refractivity (Wildman–Crippen MR) is 162 cm³/mol. The zero-order chi connectivity index (χ0) is 28.1. The molecule has 0 aliphatic heterocycles. The zero-order valence-corrected chi connectivity index (χ0v) is 24.3. The molecule has 2 atom stereocenters. The van der Waals surface area contributed by atoms with Gasteiger partial charge in [-0.05, 0) is 74.5 Å². The van der Waals surface area contributed by atoms with Crippen LogP contribution >= 0.6 is 14.7 Å². The van der Waals surface area contributed by atoms with Gasteiger partial charge in [0, 0.05) is 21.2 Å². The fourth-order valence-corrected chi connectivity index (χ4v) is 9.15. The van der Waals surface area contributed by atoms with Crippen molar-refractivity contribution >= 4 is 36.0 Å². The van der Waals surface area contributed by atoms with Crippen LogP contribution in [0.2, 0.25) is 0 Å². The van der Waals surface area contributed by atoms with Gasteiger partial charge in [-0.3, -0.25) is 9.13 Å². The molecular weight excluding hydrogens is 538 g/mol. The Morgan fingerprint density at radius 2 is 1.02 bits per heavy atom.